The number of hydrogen-bond donors (Lipinski definition) is 1. The Balaban J connectivity index is 1.80. The normalized spacial score (nSPS) is 18.9. The lowest BCUT2D eigenvalue weighted by Gasteiger charge is -2.36. The van der Waals surface area contributed by atoms with Crippen LogP contribution in [-0.2, 0) is 4.79 Å². The third kappa shape index (κ3) is 2.63. The van der Waals surface area contributed by atoms with Crippen molar-refractivity contribution in [3.05, 3.63) is 22.7 Å². The molecule has 1 amide bonds. The lowest BCUT2D eigenvalue weighted by molar-refractivity contribution is -0.112. The number of amides is 1. The molecule has 0 atom stereocenters. The predicted octanol–water partition coefficient (Wildman–Crippen LogP) is 2.01. The van der Waals surface area contributed by atoms with E-state index >= 15 is 0 Å². The fraction of sp³-hybridized carbons (Fsp3) is 0.467. The molecule has 2 heterocycles. The maximum Gasteiger partial charge on any atom is 0.296 e. The summed E-state index contributed by atoms with van der Waals surface area (Å²) in [5.41, 5.74) is 1.83. The zero-order valence-electron chi connectivity index (χ0n) is 12.0. The molecular weight excluding hydrogens is 290 g/mol. The van der Waals surface area contributed by atoms with Crippen LogP contribution in [0, 0.1) is 0 Å². The molecule has 0 saturated carbocycles. The van der Waals surface area contributed by atoms with E-state index in [1.54, 1.807) is 6.07 Å². The van der Waals surface area contributed by atoms with E-state index in [1.807, 2.05) is 6.07 Å². The Morgan fingerprint density at radius 3 is 2.57 bits per heavy atom. The molecule has 5 nitrogen and oxygen atoms in total. The SMILES string of the molecule is CCCN1CCN(c2cc3c(cc2Cl)C(=O)C(=O)N3)CC1. The van der Waals surface area contributed by atoms with Crippen molar-refractivity contribution in [2.45, 2.75) is 13.3 Å². The summed E-state index contributed by atoms with van der Waals surface area (Å²) in [4.78, 5) is 27.7. The molecule has 1 saturated heterocycles. The molecule has 0 aliphatic carbocycles. The monoisotopic (exact) mass is 307 g/mol. The highest BCUT2D eigenvalue weighted by Crippen LogP contribution is 2.35. The fourth-order valence-corrected chi connectivity index (χ4v) is 3.21. The number of rotatable bonds is 3. The number of Topliss-reactive ketones (excluding diaryl/α,β-unsaturated/α-hetero) is 1. The van der Waals surface area contributed by atoms with Gasteiger partial charge in [-0.25, -0.2) is 0 Å². The van der Waals surface area contributed by atoms with Gasteiger partial charge < -0.3 is 10.2 Å². The summed E-state index contributed by atoms with van der Waals surface area (Å²) in [6, 6.07) is 3.42. The average Bonchev–Trinajstić information content (AvgIpc) is 2.75. The van der Waals surface area contributed by atoms with E-state index in [4.69, 9.17) is 11.6 Å². The zero-order chi connectivity index (χ0) is 15.0. The maximum atomic E-state index is 11.7. The summed E-state index contributed by atoms with van der Waals surface area (Å²) in [5, 5.41) is 3.13. The van der Waals surface area contributed by atoms with Crippen LogP contribution in [0.3, 0.4) is 0 Å². The number of piperazine rings is 1. The van der Waals surface area contributed by atoms with Gasteiger partial charge in [-0.05, 0) is 25.1 Å². The highest BCUT2D eigenvalue weighted by molar-refractivity contribution is 6.52. The van der Waals surface area contributed by atoms with Crippen molar-refractivity contribution in [2.75, 3.05) is 42.9 Å². The Bertz CT molecular complexity index is 595. The van der Waals surface area contributed by atoms with E-state index < -0.39 is 11.7 Å². The van der Waals surface area contributed by atoms with Gasteiger partial charge in [-0.15, -0.1) is 0 Å². The van der Waals surface area contributed by atoms with Crippen LogP contribution >= 0.6 is 11.6 Å². The molecule has 112 valence electrons. The second-order valence-electron chi connectivity index (χ2n) is 5.46. The van der Waals surface area contributed by atoms with Crippen molar-refractivity contribution in [1.82, 2.24) is 4.90 Å². The van der Waals surface area contributed by atoms with Gasteiger partial charge in [0, 0.05) is 26.2 Å². The molecule has 6 heteroatoms. The summed E-state index contributed by atoms with van der Waals surface area (Å²) >= 11 is 6.31. The van der Waals surface area contributed by atoms with Crippen molar-refractivity contribution < 1.29 is 9.59 Å². The third-order valence-electron chi connectivity index (χ3n) is 4.04. The van der Waals surface area contributed by atoms with Crippen molar-refractivity contribution >= 4 is 34.7 Å². The van der Waals surface area contributed by atoms with Gasteiger partial charge in [-0.1, -0.05) is 18.5 Å². The number of nitrogens with one attached hydrogen (secondary N) is 1. The van der Waals surface area contributed by atoms with Gasteiger partial charge in [-0.3, -0.25) is 14.5 Å². The second-order valence-corrected chi connectivity index (χ2v) is 5.87. The van der Waals surface area contributed by atoms with Crippen molar-refractivity contribution in [1.29, 1.82) is 0 Å². The van der Waals surface area contributed by atoms with Gasteiger partial charge in [0.1, 0.15) is 0 Å². The van der Waals surface area contributed by atoms with Crippen LogP contribution in [0.2, 0.25) is 5.02 Å². The van der Waals surface area contributed by atoms with E-state index in [0.717, 1.165) is 44.8 Å². The number of nitrogens with zero attached hydrogens (tertiary/aromatic N) is 2. The number of anilines is 2. The average molecular weight is 308 g/mol. The number of benzene rings is 1. The number of carbonyl (C=O) groups is 2. The van der Waals surface area contributed by atoms with E-state index in [-0.39, 0.29) is 0 Å². The summed E-state index contributed by atoms with van der Waals surface area (Å²) in [6.07, 6.45) is 1.16. The first kappa shape index (κ1) is 14.4. The van der Waals surface area contributed by atoms with Crippen LogP contribution in [0.1, 0.15) is 23.7 Å². The number of ketones is 1. The molecule has 1 aromatic carbocycles. The van der Waals surface area contributed by atoms with Gasteiger partial charge in [0.05, 0.1) is 22.0 Å². The molecule has 3 rings (SSSR count). The smallest absolute Gasteiger partial charge is 0.296 e. The first-order valence-corrected chi connectivity index (χ1v) is 7.64. The summed E-state index contributed by atoms with van der Waals surface area (Å²) in [5.74, 6) is -1.09. The Morgan fingerprint density at radius 2 is 1.90 bits per heavy atom. The molecule has 0 spiro atoms. The van der Waals surface area contributed by atoms with E-state index in [0.29, 0.717) is 16.3 Å². The molecular formula is C15H18ClN3O2. The Morgan fingerprint density at radius 1 is 1.19 bits per heavy atom. The van der Waals surface area contributed by atoms with Crippen LogP contribution in [-0.4, -0.2) is 49.3 Å². The lowest BCUT2D eigenvalue weighted by Crippen LogP contribution is -2.46. The minimum Gasteiger partial charge on any atom is -0.368 e. The van der Waals surface area contributed by atoms with Gasteiger partial charge >= 0.3 is 0 Å². The molecule has 2 aliphatic rings. The lowest BCUT2D eigenvalue weighted by atomic mass is 10.1. The standard InChI is InChI=1S/C15H18ClN3O2/c1-2-3-18-4-6-19(7-5-18)13-9-12-10(8-11(13)16)14(20)15(21)17-12/h8-9H,2-7H2,1H3,(H,17,20,21). The first-order chi connectivity index (χ1) is 10.1. The molecule has 1 aromatic rings. The van der Waals surface area contributed by atoms with Crippen molar-refractivity contribution in [2.24, 2.45) is 0 Å². The molecule has 0 unspecified atom stereocenters. The van der Waals surface area contributed by atoms with Crippen molar-refractivity contribution in [3.63, 3.8) is 0 Å². The van der Waals surface area contributed by atoms with Crippen LogP contribution < -0.4 is 10.2 Å². The minimum atomic E-state index is -0.578. The molecule has 0 aromatic heterocycles. The molecule has 0 bridgehead atoms. The van der Waals surface area contributed by atoms with E-state index in [2.05, 4.69) is 22.0 Å². The maximum absolute atomic E-state index is 11.7. The number of hydrogen-bond acceptors (Lipinski definition) is 4. The number of carbonyl (C=O) groups excluding carboxylic acids is 2. The Hall–Kier alpha value is -1.59. The first-order valence-electron chi connectivity index (χ1n) is 7.26. The van der Waals surface area contributed by atoms with Gasteiger partial charge in [0.25, 0.3) is 11.7 Å². The fourth-order valence-electron chi connectivity index (χ4n) is 2.93. The molecule has 1 N–H and O–H groups in total. The summed E-state index contributed by atoms with van der Waals surface area (Å²) in [6.45, 7) is 7.12. The Kier molecular flexibility index (Phi) is 3.87. The topological polar surface area (TPSA) is 52.7 Å². The van der Waals surface area contributed by atoms with Crippen LogP contribution in [0.15, 0.2) is 12.1 Å². The summed E-state index contributed by atoms with van der Waals surface area (Å²) < 4.78 is 0. The van der Waals surface area contributed by atoms with Gasteiger partial charge in [0.15, 0.2) is 0 Å². The van der Waals surface area contributed by atoms with Crippen LogP contribution in [0.5, 0.6) is 0 Å². The van der Waals surface area contributed by atoms with Crippen LogP contribution in [0.4, 0.5) is 11.4 Å². The van der Waals surface area contributed by atoms with Gasteiger partial charge in [0.2, 0.25) is 0 Å². The number of halogens is 1. The predicted molar refractivity (Wildman–Crippen MR) is 83.4 cm³/mol. The van der Waals surface area contributed by atoms with Gasteiger partial charge in [-0.2, -0.15) is 0 Å². The highest BCUT2D eigenvalue weighted by atomic mass is 35.5. The highest BCUT2D eigenvalue weighted by Gasteiger charge is 2.30. The molecule has 21 heavy (non-hydrogen) atoms. The largest absolute Gasteiger partial charge is 0.368 e. The van der Waals surface area contributed by atoms with Crippen LogP contribution in [0.25, 0.3) is 0 Å². The van der Waals surface area contributed by atoms with E-state index in [1.165, 1.54) is 0 Å². The quantitative estimate of drug-likeness (QED) is 0.868. The third-order valence-corrected chi connectivity index (χ3v) is 4.34. The second kappa shape index (κ2) is 5.66. The molecule has 1 fully saturated rings. The minimum absolute atomic E-state index is 0.373. The zero-order valence-corrected chi connectivity index (χ0v) is 12.7. The van der Waals surface area contributed by atoms with E-state index in [9.17, 15) is 9.59 Å². The Labute approximate surface area is 128 Å². The molecule has 0 radical (unpaired) electrons. The summed E-state index contributed by atoms with van der Waals surface area (Å²) in [7, 11) is 0. The van der Waals surface area contributed by atoms with Crippen molar-refractivity contribution in [3.8, 4) is 0 Å². The molecule has 2 aliphatic heterocycles. The number of fused-ring (bicyclic) bond motifs is 1.